The molecule has 1 aliphatic rings. The van der Waals surface area contributed by atoms with Crippen LogP contribution in [0.15, 0.2) is 42.5 Å². The highest BCUT2D eigenvalue weighted by molar-refractivity contribution is 6.33. The maximum Gasteiger partial charge on any atom is 0.337 e. The van der Waals surface area contributed by atoms with Crippen LogP contribution in [0.2, 0.25) is 5.02 Å². The van der Waals surface area contributed by atoms with Gasteiger partial charge in [-0.15, -0.1) is 0 Å². The van der Waals surface area contributed by atoms with E-state index in [1.54, 1.807) is 36.4 Å². The summed E-state index contributed by atoms with van der Waals surface area (Å²) in [5.41, 5.74) is 1.86. The average Bonchev–Trinajstić information content (AvgIpc) is 2.74. The minimum absolute atomic E-state index is 0.259. The van der Waals surface area contributed by atoms with Gasteiger partial charge in [-0.1, -0.05) is 23.7 Å². The molecule has 9 heteroatoms. The molecule has 1 heterocycles. The average molecular weight is 425 g/mol. The minimum atomic E-state index is -1.53. The molecule has 0 aromatic heterocycles. The van der Waals surface area contributed by atoms with Gasteiger partial charge in [-0.2, -0.15) is 0 Å². The number of aliphatic hydroxyl groups is 4. The third-order valence-electron chi connectivity index (χ3n) is 4.66. The molecule has 0 saturated carbocycles. The minimum Gasteiger partial charge on any atom is -0.465 e. The van der Waals surface area contributed by atoms with Crippen molar-refractivity contribution >= 4 is 17.6 Å². The second-order valence-corrected chi connectivity index (χ2v) is 6.93. The Balaban J connectivity index is 1.76. The van der Waals surface area contributed by atoms with Gasteiger partial charge in [-0.3, -0.25) is 0 Å². The van der Waals surface area contributed by atoms with E-state index in [0.29, 0.717) is 16.1 Å². The highest BCUT2D eigenvalue weighted by Gasteiger charge is 2.44. The normalized spacial score (nSPS) is 26.8. The smallest absolute Gasteiger partial charge is 0.337 e. The molecule has 4 N–H and O–H groups in total. The molecule has 5 atom stereocenters. The molecule has 29 heavy (non-hydrogen) atoms. The van der Waals surface area contributed by atoms with Gasteiger partial charge in [-0.25, -0.2) is 4.79 Å². The highest BCUT2D eigenvalue weighted by atomic mass is 35.5. The Morgan fingerprint density at radius 2 is 1.76 bits per heavy atom. The number of carbonyl (C=O) groups is 1. The van der Waals surface area contributed by atoms with E-state index in [1.165, 1.54) is 13.2 Å². The number of hydrogen-bond donors (Lipinski definition) is 4. The van der Waals surface area contributed by atoms with E-state index in [1.807, 2.05) is 0 Å². The van der Waals surface area contributed by atoms with Gasteiger partial charge in [-0.05, 0) is 35.9 Å². The van der Waals surface area contributed by atoms with Crippen molar-refractivity contribution in [2.24, 2.45) is 0 Å². The first kappa shape index (κ1) is 21.5. The van der Waals surface area contributed by atoms with Crippen LogP contribution in [0.25, 0.3) is 11.1 Å². The van der Waals surface area contributed by atoms with Gasteiger partial charge in [0, 0.05) is 5.56 Å². The van der Waals surface area contributed by atoms with Crippen molar-refractivity contribution < 1.29 is 39.4 Å². The van der Waals surface area contributed by atoms with Crippen LogP contribution in [0.1, 0.15) is 10.4 Å². The number of methoxy groups -OCH3 is 1. The van der Waals surface area contributed by atoms with Crippen molar-refractivity contribution in [1.82, 2.24) is 0 Å². The Kier molecular flexibility index (Phi) is 6.74. The molecule has 2 unspecified atom stereocenters. The summed E-state index contributed by atoms with van der Waals surface area (Å²) < 4.78 is 15.5. The van der Waals surface area contributed by atoms with Crippen molar-refractivity contribution in [2.75, 3.05) is 13.7 Å². The number of carbonyl (C=O) groups excluding carboxylic acids is 1. The highest BCUT2D eigenvalue weighted by Crippen LogP contribution is 2.33. The molecule has 3 rings (SSSR count). The molecule has 8 nitrogen and oxygen atoms in total. The van der Waals surface area contributed by atoms with Crippen LogP contribution in [0.4, 0.5) is 0 Å². The summed E-state index contributed by atoms with van der Waals surface area (Å²) in [7, 11) is 1.31. The van der Waals surface area contributed by atoms with Gasteiger partial charge in [0.1, 0.15) is 30.2 Å². The summed E-state index contributed by atoms with van der Waals surface area (Å²) in [5.74, 6) is -0.180. The number of aliphatic hydroxyl groups excluding tert-OH is 4. The first-order valence-corrected chi connectivity index (χ1v) is 9.19. The van der Waals surface area contributed by atoms with E-state index >= 15 is 0 Å². The quantitative estimate of drug-likeness (QED) is 0.523. The topological polar surface area (TPSA) is 126 Å². The first-order chi connectivity index (χ1) is 13.8. The third-order valence-corrected chi connectivity index (χ3v) is 4.97. The Morgan fingerprint density at radius 1 is 1.07 bits per heavy atom. The number of rotatable bonds is 5. The molecule has 0 radical (unpaired) electrons. The van der Waals surface area contributed by atoms with Gasteiger partial charge in [0.05, 0.1) is 24.3 Å². The molecule has 0 spiro atoms. The summed E-state index contributed by atoms with van der Waals surface area (Å²) >= 11 is 6.35. The van der Waals surface area contributed by atoms with Gasteiger partial charge < -0.3 is 34.6 Å². The Hall–Kier alpha value is -2.20. The van der Waals surface area contributed by atoms with Crippen LogP contribution in [0.3, 0.4) is 0 Å². The van der Waals surface area contributed by atoms with Crippen LogP contribution in [-0.4, -0.2) is 70.8 Å². The fourth-order valence-electron chi connectivity index (χ4n) is 3.01. The first-order valence-electron chi connectivity index (χ1n) is 8.81. The molecule has 156 valence electrons. The molecular weight excluding hydrogens is 404 g/mol. The second-order valence-electron chi connectivity index (χ2n) is 6.53. The fourth-order valence-corrected chi connectivity index (χ4v) is 3.29. The molecule has 0 amide bonds. The zero-order valence-corrected chi connectivity index (χ0v) is 16.2. The van der Waals surface area contributed by atoms with Crippen molar-refractivity contribution in [1.29, 1.82) is 0 Å². The summed E-state index contributed by atoms with van der Waals surface area (Å²) in [4.78, 5) is 11.5. The van der Waals surface area contributed by atoms with Crippen molar-refractivity contribution in [3.05, 3.63) is 53.1 Å². The molecule has 2 aromatic carbocycles. The maximum absolute atomic E-state index is 11.5. The maximum atomic E-state index is 11.5. The van der Waals surface area contributed by atoms with Crippen molar-refractivity contribution in [3.63, 3.8) is 0 Å². The largest absolute Gasteiger partial charge is 0.465 e. The molecule has 1 fully saturated rings. The summed E-state index contributed by atoms with van der Waals surface area (Å²) in [6.45, 7) is -0.550. The Labute approximate surface area is 171 Å². The van der Waals surface area contributed by atoms with Gasteiger partial charge >= 0.3 is 5.97 Å². The van der Waals surface area contributed by atoms with Crippen LogP contribution in [0.5, 0.6) is 5.75 Å². The van der Waals surface area contributed by atoms with E-state index in [-0.39, 0.29) is 5.75 Å². The lowest BCUT2D eigenvalue weighted by Crippen LogP contribution is -2.60. The van der Waals surface area contributed by atoms with E-state index in [9.17, 15) is 25.2 Å². The van der Waals surface area contributed by atoms with E-state index in [4.69, 9.17) is 21.1 Å². The van der Waals surface area contributed by atoms with Gasteiger partial charge in [0.15, 0.2) is 0 Å². The van der Waals surface area contributed by atoms with Crippen LogP contribution in [0, 0.1) is 0 Å². The molecule has 1 saturated heterocycles. The van der Waals surface area contributed by atoms with Crippen molar-refractivity contribution in [3.8, 4) is 16.9 Å². The number of hydrogen-bond acceptors (Lipinski definition) is 8. The molecule has 0 aliphatic carbocycles. The molecule has 2 aromatic rings. The monoisotopic (exact) mass is 424 g/mol. The number of ether oxygens (including phenoxy) is 3. The number of benzene rings is 2. The zero-order valence-electron chi connectivity index (χ0n) is 15.4. The van der Waals surface area contributed by atoms with Gasteiger partial charge in [0.25, 0.3) is 0 Å². The zero-order chi connectivity index (χ0) is 21.1. The summed E-state index contributed by atoms with van der Waals surface area (Å²) in [6, 6.07) is 11.5. The van der Waals surface area contributed by atoms with Crippen LogP contribution in [-0.2, 0) is 9.47 Å². The van der Waals surface area contributed by atoms with E-state index in [2.05, 4.69) is 4.74 Å². The lowest BCUT2D eigenvalue weighted by molar-refractivity contribution is -0.277. The van der Waals surface area contributed by atoms with Crippen LogP contribution < -0.4 is 4.74 Å². The Bertz CT molecular complexity index is 854. The summed E-state index contributed by atoms with van der Waals surface area (Å²) in [5, 5.41) is 39.3. The van der Waals surface area contributed by atoms with Crippen molar-refractivity contribution in [2.45, 2.75) is 30.7 Å². The third kappa shape index (κ3) is 4.53. The lowest BCUT2D eigenvalue weighted by atomic mass is 9.99. The standard InChI is InChI=1S/C20H21ClO8/c1-27-19(26)11-4-2-10(3-5-11)13-7-6-12(8-14(13)21)28-20-18(25)17(24)16(23)15(9-22)29-20/h2-8,15-18,20,22-25H,9H2,1H3/t15?,16-,17?,18-,20+/m1/s1. The second kappa shape index (κ2) is 9.08. The molecule has 0 bridgehead atoms. The number of halogens is 1. The van der Waals surface area contributed by atoms with E-state index < -0.39 is 43.3 Å². The fraction of sp³-hybridized carbons (Fsp3) is 0.350. The predicted molar refractivity (Wildman–Crippen MR) is 103 cm³/mol. The van der Waals surface area contributed by atoms with Gasteiger partial charge in [0.2, 0.25) is 6.29 Å². The lowest BCUT2D eigenvalue weighted by Gasteiger charge is -2.39. The Morgan fingerprint density at radius 3 is 2.34 bits per heavy atom. The van der Waals surface area contributed by atoms with E-state index in [0.717, 1.165) is 5.56 Å². The van der Waals surface area contributed by atoms with Crippen LogP contribution >= 0.6 is 11.6 Å². The SMILES string of the molecule is COC(=O)c1ccc(-c2ccc(O[C@H]3OC(CO)[C@@H](O)C(O)[C@H]3O)cc2Cl)cc1. The molecular formula is C20H21ClO8. The molecule has 1 aliphatic heterocycles. The summed E-state index contributed by atoms with van der Waals surface area (Å²) in [6.07, 6.45) is -6.88. The number of esters is 1. The predicted octanol–water partition coefficient (Wildman–Crippen LogP) is 0.972.